The maximum absolute atomic E-state index is 11.1. The fraction of sp³-hybridized carbons (Fsp3) is 0.182. The lowest BCUT2D eigenvalue weighted by Crippen LogP contribution is -2.11. The summed E-state index contributed by atoms with van der Waals surface area (Å²) < 4.78 is 6.07. The highest BCUT2D eigenvalue weighted by Crippen LogP contribution is 2.22. The highest BCUT2D eigenvalue weighted by atomic mass is 79.9. The zero-order valence-corrected chi connectivity index (χ0v) is 10.1. The summed E-state index contributed by atoms with van der Waals surface area (Å²) in [7, 11) is 0. The van der Waals surface area contributed by atoms with Gasteiger partial charge in [0.1, 0.15) is 6.61 Å². The Labute approximate surface area is 102 Å². The molecule has 0 aliphatic heterocycles. The minimum absolute atomic E-state index is 0.0548. The van der Waals surface area contributed by atoms with Gasteiger partial charge in [-0.1, -0.05) is 34.0 Å². The van der Waals surface area contributed by atoms with Gasteiger partial charge in [-0.2, -0.15) is 0 Å². The molecular formula is C11H8BrClO2. The molecule has 1 aromatic carbocycles. The molecule has 0 saturated heterocycles. The zero-order chi connectivity index (χ0) is 11.3. The number of halogens is 2. The maximum atomic E-state index is 11.1. The average Bonchev–Trinajstić information content (AvgIpc) is 2.21. The zero-order valence-electron chi connectivity index (χ0n) is 7.74. The standard InChI is InChI=1S/C11H8BrClO2/c1-2-7-15-10(11(13)14)8-3-5-9(12)6-4-8/h1,3-6,10H,7H2. The number of benzene rings is 1. The summed E-state index contributed by atoms with van der Waals surface area (Å²) in [5.41, 5.74) is 0.688. The van der Waals surface area contributed by atoms with Crippen molar-refractivity contribution in [2.75, 3.05) is 6.61 Å². The molecule has 0 aliphatic rings. The van der Waals surface area contributed by atoms with E-state index in [1.165, 1.54) is 0 Å². The Balaban J connectivity index is 2.85. The van der Waals surface area contributed by atoms with Gasteiger partial charge in [-0.25, -0.2) is 0 Å². The molecule has 78 valence electrons. The SMILES string of the molecule is C#CCOC(C(=O)Cl)c1ccc(Br)cc1. The molecule has 0 saturated carbocycles. The van der Waals surface area contributed by atoms with Crippen LogP contribution in [0.1, 0.15) is 11.7 Å². The van der Waals surface area contributed by atoms with Gasteiger partial charge in [0.05, 0.1) is 0 Å². The van der Waals surface area contributed by atoms with E-state index in [2.05, 4.69) is 21.9 Å². The lowest BCUT2D eigenvalue weighted by Gasteiger charge is -2.12. The Hall–Kier alpha value is -0.820. The van der Waals surface area contributed by atoms with Crippen LogP contribution in [0.4, 0.5) is 0 Å². The van der Waals surface area contributed by atoms with Gasteiger partial charge in [0.2, 0.25) is 0 Å². The predicted molar refractivity (Wildman–Crippen MR) is 62.5 cm³/mol. The van der Waals surface area contributed by atoms with Crippen molar-refractivity contribution in [3.8, 4) is 12.3 Å². The Morgan fingerprint density at radius 1 is 1.53 bits per heavy atom. The molecule has 0 radical (unpaired) electrons. The summed E-state index contributed by atoms with van der Waals surface area (Å²) in [6.07, 6.45) is 4.25. The first-order chi connectivity index (χ1) is 7.15. The minimum atomic E-state index is -0.796. The van der Waals surface area contributed by atoms with Gasteiger partial charge in [0, 0.05) is 4.47 Å². The van der Waals surface area contributed by atoms with Crippen molar-refractivity contribution in [3.63, 3.8) is 0 Å². The fourth-order valence-electron chi connectivity index (χ4n) is 1.06. The van der Waals surface area contributed by atoms with Crippen LogP contribution in [-0.4, -0.2) is 11.8 Å². The molecule has 1 rings (SSSR count). The van der Waals surface area contributed by atoms with Crippen LogP contribution in [0.3, 0.4) is 0 Å². The van der Waals surface area contributed by atoms with Crippen molar-refractivity contribution in [3.05, 3.63) is 34.3 Å². The number of carbonyl (C=O) groups excluding carboxylic acids is 1. The largest absolute Gasteiger partial charge is 0.352 e. The third-order valence-electron chi connectivity index (χ3n) is 1.71. The number of carbonyl (C=O) groups is 1. The van der Waals surface area contributed by atoms with E-state index >= 15 is 0 Å². The summed E-state index contributed by atoms with van der Waals surface area (Å²) >= 11 is 8.70. The summed E-state index contributed by atoms with van der Waals surface area (Å²) in [6.45, 7) is 0.0548. The van der Waals surface area contributed by atoms with Crippen LogP contribution in [0.15, 0.2) is 28.7 Å². The van der Waals surface area contributed by atoms with E-state index in [9.17, 15) is 4.79 Å². The number of hydrogen-bond donors (Lipinski definition) is 0. The third-order valence-corrected chi connectivity index (χ3v) is 2.44. The summed E-state index contributed by atoms with van der Waals surface area (Å²) in [4.78, 5) is 11.1. The monoisotopic (exact) mass is 286 g/mol. The fourth-order valence-corrected chi connectivity index (χ4v) is 1.52. The first-order valence-electron chi connectivity index (χ1n) is 4.15. The number of rotatable bonds is 4. The first-order valence-corrected chi connectivity index (χ1v) is 5.32. The highest BCUT2D eigenvalue weighted by molar-refractivity contribution is 9.10. The lowest BCUT2D eigenvalue weighted by atomic mass is 10.1. The normalized spacial score (nSPS) is 11.8. The molecule has 0 bridgehead atoms. The van der Waals surface area contributed by atoms with Gasteiger partial charge >= 0.3 is 0 Å². The quantitative estimate of drug-likeness (QED) is 0.629. The Morgan fingerprint density at radius 3 is 2.60 bits per heavy atom. The molecule has 2 nitrogen and oxygen atoms in total. The minimum Gasteiger partial charge on any atom is -0.352 e. The van der Waals surface area contributed by atoms with Gasteiger partial charge in [0.25, 0.3) is 5.24 Å². The van der Waals surface area contributed by atoms with Crippen molar-refractivity contribution in [1.82, 2.24) is 0 Å². The summed E-state index contributed by atoms with van der Waals surface area (Å²) in [5.74, 6) is 2.29. The summed E-state index contributed by atoms with van der Waals surface area (Å²) in [6, 6.07) is 7.12. The van der Waals surface area contributed by atoms with Crippen LogP contribution in [0, 0.1) is 12.3 Å². The van der Waals surface area contributed by atoms with Gasteiger partial charge in [-0.05, 0) is 29.3 Å². The van der Waals surface area contributed by atoms with E-state index in [-0.39, 0.29) is 6.61 Å². The van der Waals surface area contributed by atoms with E-state index in [4.69, 9.17) is 22.8 Å². The third kappa shape index (κ3) is 3.67. The van der Waals surface area contributed by atoms with Crippen molar-refractivity contribution in [2.45, 2.75) is 6.10 Å². The van der Waals surface area contributed by atoms with Crippen molar-refractivity contribution in [2.24, 2.45) is 0 Å². The highest BCUT2D eigenvalue weighted by Gasteiger charge is 2.18. The van der Waals surface area contributed by atoms with Crippen LogP contribution in [0.5, 0.6) is 0 Å². The van der Waals surface area contributed by atoms with Gasteiger partial charge in [-0.15, -0.1) is 6.42 Å². The van der Waals surface area contributed by atoms with E-state index < -0.39 is 11.3 Å². The molecule has 0 aromatic heterocycles. The average molecular weight is 288 g/mol. The molecule has 0 N–H and O–H groups in total. The van der Waals surface area contributed by atoms with E-state index in [0.717, 1.165) is 4.47 Å². The maximum Gasteiger partial charge on any atom is 0.255 e. The molecule has 4 heteroatoms. The van der Waals surface area contributed by atoms with Gasteiger partial charge in [-0.3, -0.25) is 4.79 Å². The molecule has 1 atom stereocenters. The van der Waals surface area contributed by atoms with Crippen molar-refractivity contribution < 1.29 is 9.53 Å². The second-order valence-corrected chi connectivity index (χ2v) is 4.04. The number of terminal acetylenes is 1. The van der Waals surface area contributed by atoms with Gasteiger partial charge < -0.3 is 4.74 Å². The van der Waals surface area contributed by atoms with Crippen LogP contribution in [0.25, 0.3) is 0 Å². The Kier molecular flexibility index (Phi) is 4.83. The summed E-state index contributed by atoms with van der Waals surface area (Å²) in [5, 5.41) is -0.576. The Morgan fingerprint density at radius 2 is 2.13 bits per heavy atom. The second-order valence-electron chi connectivity index (χ2n) is 2.75. The molecule has 0 fully saturated rings. The van der Waals surface area contributed by atoms with E-state index in [1.54, 1.807) is 24.3 Å². The smallest absolute Gasteiger partial charge is 0.255 e. The molecule has 15 heavy (non-hydrogen) atoms. The van der Waals surface area contributed by atoms with Crippen LogP contribution in [0.2, 0.25) is 0 Å². The van der Waals surface area contributed by atoms with Crippen LogP contribution < -0.4 is 0 Å². The Bertz CT molecular complexity index is 381. The number of hydrogen-bond acceptors (Lipinski definition) is 2. The van der Waals surface area contributed by atoms with Crippen LogP contribution >= 0.6 is 27.5 Å². The first kappa shape index (κ1) is 12.3. The molecule has 0 spiro atoms. The molecule has 0 aliphatic carbocycles. The van der Waals surface area contributed by atoms with Crippen molar-refractivity contribution in [1.29, 1.82) is 0 Å². The van der Waals surface area contributed by atoms with Crippen molar-refractivity contribution >= 4 is 32.8 Å². The molecular weight excluding hydrogens is 279 g/mol. The number of ether oxygens (including phenoxy) is 1. The lowest BCUT2D eigenvalue weighted by molar-refractivity contribution is -0.121. The van der Waals surface area contributed by atoms with Gasteiger partial charge in [0.15, 0.2) is 6.10 Å². The molecule has 1 aromatic rings. The van der Waals surface area contributed by atoms with Crippen LogP contribution in [-0.2, 0) is 9.53 Å². The second kappa shape index (κ2) is 5.92. The molecule has 1 unspecified atom stereocenters. The molecule has 0 heterocycles. The topological polar surface area (TPSA) is 26.3 Å². The predicted octanol–water partition coefficient (Wildman–Crippen LogP) is 2.91. The molecule has 0 amide bonds. The van der Waals surface area contributed by atoms with E-state index in [1.807, 2.05) is 0 Å². The van der Waals surface area contributed by atoms with E-state index in [0.29, 0.717) is 5.56 Å².